The molecule has 0 fully saturated rings. The summed E-state index contributed by atoms with van der Waals surface area (Å²) in [7, 11) is 0. The first-order chi connectivity index (χ1) is 10.0. The zero-order valence-corrected chi connectivity index (χ0v) is 10.8. The van der Waals surface area contributed by atoms with E-state index in [1.807, 2.05) is 6.07 Å². The van der Waals surface area contributed by atoms with E-state index in [1.54, 1.807) is 0 Å². The second-order valence-corrected chi connectivity index (χ2v) is 4.23. The smallest absolute Gasteiger partial charge is 0.338 e. The highest BCUT2D eigenvalue weighted by Crippen LogP contribution is 2.16. The van der Waals surface area contributed by atoms with Crippen molar-refractivity contribution in [1.82, 2.24) is 0 Å². The fraction of sp³-hybridized carbons (Fsp3) is 0.0667. The maximum Gasteiger partial charge on any atom is 0.338 e. The van der Waals surface area contributed by atoms with Crippen LogP contribution in [-0.2, 0) is 11.3 Å². The molecular weight excluding hydrogens is 278 g/mol. The van der Waals surface area contributed by atoms with E-state index in [1.165, 1.54) is 12.1 Å². The van der Waals surface area contributed by atoms with Gasteiger partial charge >= 0.3 is 5.97 Å². The number of ether oxygens (including phenoxy) is 1. The van der Waals surface area contributed by atoms with Crippen LogP contribution >= 0.6 is 0 Å². The van der Waals surface area contributed by atoms with Crippen LogP contribution in [0.15, 0.2) is 36.4 Å². The van der Waals surface area contributed by atoms with E-state index in [0.717, 1.165) is 24.3 Å². The number of carbonyl (C=O) groups is 1. The predicted molar refractivity (Wildman–Crippen MR) is 71.0 cm³/mol. The van der Waals surface area contributed by atoms with Crippen molar-refractivity contribution in [2.75, 3.05) is 5.73 Å². The van der Waals surface area contributed by atoms with E-state index in [2.05, 4.69) is 0 Å². The highest BCUT2D eigenvalue weighted by atomic mass is 19.1. The van der Waals surface area contributed by atoms with Gasteiger partial charge < -0.3 is 10.5 Å². The number of nitrogens with two attached hydrogens (primary N) is 1. The molecule has 0 spiro atoms. The largest absolute Gasteiger partial charge is 0.457 e. The first-order valence-corrected chi connectivity index (χ1v) is 5.92. The molecule has 2 aromatic rings. The van der Waals surface area contributed by atoms with Crippen LogP contribution in [0.3, 0.4) is 0 Å². The van der Waals surface area contributed by atoms with E-state index in [-0.39, 0.29) is 29.0 Å². The predicted octanol–water partition coefficient (Wildman–Crippen LogP) is 2.78. The highest BCUT2D eigenvalue weighted by Gasteiger charge is 2.11. The molecule has 0 radical (unpaired) electrons. The van der Waals surface area contributed by atoms with Crippen molar-refractivity contribution in [2.45, 2.75) is 6.61 Å². The number of hydrogen-bond donors (Lipinski definition) is 1. The lowest BCUT2D eigenvalue weighted by Crippen LogP contribution is -2.07. The van der Waals surface area contributed by atoms with Crippen molar-refractivity contribution in [2.24, 2.45) is 0 Å². The van der Waals surface area contributed by atoms with E-state index in [4.69, 9.17) is 15.7 Å². The zero-order valence-electron chi connectivity index (χ0n) is 10.8. The molecule has 4 nitrogen and oxygen atoms in total. The van der Waals surface area contributed by atoms with Gasteiger partial charge in [-0.3, -0.25) is 0 Å². The van der Waals surface area contributed by atoms with E-state index < -0.39 is 17.6 Å². The summed E-state index contributed by atoms with van der Waals surface area (Å²) < 4.78 is 31.1. The van der Waals surface area contributed by atoms with Gasteiger partial charge in [0.1, 0.15) is 18.2 Å². The van der Waals surface area contributed by atoms with Crippen molar-refractivity contribution >= 4 is 11.7 Å². The van der Waals surface area contributed by atoms with Crippen molar-refractivity contribution in [1.29, 1.82) is 5.26 Å². The van der Waals surface area contributed by atoms with Crippen LogP contribution in [0.1, 0.15) is 21.5 Å². The number of halogens is 2. The normalized spacial score (nSPS) is 9.95. The monoisotopic (exact) mass is 288 g/mol. The minimum absolute atomic E-state index is 0.0730. The fourth-order valence-corrected chi connectivity index (χ4v) is 1.69. The highest BCUT2D eigenvalue weighted by molar-refractivity contribution is 5.90. The van der Waals surface area contributed by atoms with Crippen molar-refractivity contribution in [3.05, 3.63) is 64.7 Å². The number of anilines is 1. The van der Waals surface area contributed by atoms with Gasteiger partial charge in [0, 0.05) is 5.56 Å². The first-order valence-electron chi connectivity index (χ1n) is 5.92. The van der Waals surface area contributed by atoms with Crippen LogP contribution in [0.2, 0.25) is 0 Å². The molecule has 0 heterocycles. The van der Waals surface area contributed by atoms with E-state index in [9.17, 15) is 13.6 Å². The summed E-state index contributed by atoms with van der Waals surface area (Å²) in [4.78, 5) is 11.8. The average molecular weight is 288 g/mol. The molecule has 0 aliphatic rings. The van der Waals surface area contributed by atoms with E-state index in [0.29, 0.717) is 0 Å². The van der Waals surface area contributed by atoms with Gasteiger partial charge in [-0.05, 0) is 36.4 Å². The number of hydrogen-bond acceptors (Lipinski definition) is 4. The molecule has 21 heavy (non-hydrogen) atoms. The second-order valence-electron chi connectivity index (χ2n) is 4.23. The Morgan fingerprint density at radius 1 is 1.24 bits per heavy atom. The van der Waals surface area contributed by atoms with Crippen molar-refractivity contribution in [3.63, 3.8) is 0 Å². The third kappa shape index (κ3) is 3.34. The Morgan fingerprint density at radius 2 is 2.00 bits per heavy atom. The molecule has 0 aliphatic carbocycles. The van der Waals surface area contributed by atoms with Crippen LogP contribution < -0.4 is 5.73 Å². The molecule has 6 heteroatoms. The van der Waals surface area contributed by atoms with Gasteiger partial charge in [-0.1, -0.05) is 0 Å². The number of nitrogens with zero attached hydrogens (tertiary/aromatic N) is 1. The molecule has 0 unspecified atom stereocenters. The number of nitrogen functional groups attached to an aromatic ring is 1. The molecule has 0 amide bonds. The molecule has 0 bridgehead atoms. The third-order valence-corrected chi connectivity index (χ3v) is 2.78. The first kappa shape index (κ1) is 14.5. The number of benzene rings is 2. The summed E-state index contributed by atoms with van der Waals surface area (Å²) in [5, 5.41) is 8.89. The second kappa shape index (κ2) is 6.01. The van der Waals surface area contributed by atoms with Crippen LogP contribution in [0.4, 0.5) is 14.5 Å². The standard InChI is InChI=1S/C15H10F2N2O2/c16-12-3-1-10(7-18)11(5-12)8-21-15(20)9-2-4-13(17)14(19)6-9/h1-6H,8,19H2. The quantitative estimate of drug-likeness (QED) is 0.696. The van der Waals surface area contributed by atoms with Crippen molar-refractivity contribution in [3.8, 4) is 6.07 Å². The summed E-state index contributed by atoms with van der Waals surface area (Å²) in [6, 6.07) is 8.86. The Balaban J connectivity index is 2.13. The number of rotatable bonds is 3. The maximum atomic E-state index is 13.1. The lowest BCUT2D eigenvalue weighted by Gasteiger charge is -2.07. The van der Waals surface area contributed by atoms with E-state index >= 15 is 0 Å². The Labute approximate surface area is 119 Å². The number of carbonyl (C=O) groups excluding carboxylic acids is 1. The Hall–Kier alpha value is -2.94. The van der Waals surface area contributed by atoms with Crippen LogP contribution in [0.25, 0.3) is 0 Å². The van der Waals surface area contributed by atoms with Gasteiger partial charge in [0.2, 0.25) is 0 Å². The van der Waals surface area contributed by atoms with Gasteiger partial charge in [-0.2, -0.15) is 5.26 Å². The third-order valence-electron chi connectivity index (χ3n) is 2.78. The van der Waals surface area contributed by atoms with Crippen LogP contribution in [0, 0.1) is 23.0 Å². The van der Waals surface area contributed by atoms with Gasteiger partial charge in [-0.25, -0.2) is 13.6 Å². The molecule has 0 aliphatic heterocycles. The Morgan fingerprint density at radius 3 is 2.67 bits per heavy atom. The molecular formula is C15H10F2N2O2. The average Bonchev–Trinajstić information content (AvgIpc) is 2.47. The summed E-state index contributed by atoms with van der Waals surface area (Å²) in [6.07, 6.45) is 0. The molecule has 0 saturated carbocycles. The SMILES string of the molecule is N#Cc1ccc(F)cc1COC(=O)c1ccc(F)c(N)c1. The van der Waals surface area contributed by atoms with Crippen molar-refractivity contribution < 1.29 is 18.3 Å². The maximum absolute atomic E-state index is 13.1. The Kier molecular flexibility index (Phi) is 4.14. The molecule has 0 atom stereocenters. The molecule has 0 saturated heterocycles. The van der Waals surface area contributed by atoms with Crippen LogP contribution in [0.5, 0.6) is 0 Å². The molecule has 2 N–H and O–H groups in total. The van der Waals surface area contributed by atoms with Gasteiger partial charge in [0.05, 0.1) is 22.9 Å². The number of esters is 1. The summed E-state index contributed by atoms with van der Waals surface area (Å²) in [5.41, 5.74) is 5.72. The lowest BCUT2D eigenvalue weighted by atomic mass is 10.1. The summed E-state index contributed by atoms with van der Waals surface area (Å²) in [6.45, 7) is -0.267. The topological polar surface area (TPSA) is 76.1 Å². The Bertz CT molecular complexity index is 739. The lowest BCUT2D eigenvalue weighted by molar-refractivity contribution is 0.0472. The van der Waals surface area contributed by atoms with Gasteiger partial charge in [-0.15, -0.1) is 0 Å². The molecule has 2 rings (SSSR count). The number of nitriles is 1. The van der Waals surface area contributed by atoms with Gasteiger partial charge in [0.15, 0.2) is 0 Å². The summed E-state index contributed by atoms with van der Waals surface area (Å²) in [5.74, 6) is -1.91. The summed E-state index contributed by atoms with van der Waals surface area (Å²) >= 11 is 0. The molecule has 106 valence electrons. The minimum atomic E-state index is -0.741. The molecule has 0 aromatic heterocycles. The zero-order chi connectivity index (χ0) is 15.4. The fourth-order valence-electron chi connectivity index (χ4n) is 1.69. The van der Waals surface area contributed by atoms with Crippen LogP contribution in [-0.4, -0.2) is 5.97 Å². The van der Waals surface area contributed by atoms with Gasteiger partial charge in [0.25, 0.3) is 0 Å². The minimum Gasteiger partial charge on any atom is -0.457 e. The molecule has 2 aromatic carbocycles.